The number of aryl methyl sites for hydroxylation is 1. The highest BCUT2D eigenvalue weighted by atomic mass is 16.5. The summed E-state index contributed by atoms with van der Waals surface area (Å²) in [5.74, 6) is 5.48. The summed E-state index contributed by atoms with van der Waals surface area (Å²) in [6, 6.07) is 6.61. The maximum absolute atomic E-state index is 12.0. The van der Waals surface area contributed by atoms with Crippen LogP contribution in [0.4, 0.5) is 5.69 Å². The molecule has 0 fully saturated rings. The zero-order chi connectivity index (χ0) is 15.2. The van der Waals surface area contributed by atoms with Crippen LogP contribution in [0.15, 0.2) is 28.8 Å². The van der Waals surface area contributed by atoms with Gasteiger partial charge in [0, 0.05) is 11.6 Å². The number of nitrogens with one attached hydrogen (secondary N) is 1. The molecule has 0 aliphatic heterocycles. The maximum atomic E-state index is 12.0. The molecule has 0 aliphatic carbocycles. The van der Waals surface area contributed by atoms with Gasteiger partial charge in [-0.15, -0.1) is 0 Å². The van der Waals surface area contributed by atoms with E-state index in [0.717, 1.165) is 0 Å². The number of hydrogen-bond donors (Lipinski definition) is 2. The molecule has 6 heteroatoms. The van der Waals surface area contributed by atoms with Gasteiger partial charge in [0.15, 0.2) is 0 Å². The van der Waals surface area contributed by atoms with Crippen LogP contribution in [0, 0.1) is 18.8 Å². The summed E-state index contributed by atoms with van der Waals surface area (Å²) in [7, 11) is 1.50. The van der Waals surface area contributed by atoms with Crippen LogP contribution in [0.1, 0.15) is 21.8 Å². The monoisotopic (exact) mass is 286 g/mol. The van der Waals surface area contributed by atoms with E-state index in [1.165, 1.54) is 13.2 Å². The minimum absolute atomic E-state index is 0.112. The smallest absolute Gasteiger partial charge is 0.294 e. The number of amides is 1. The summed E-state index contributed by atoms with van der Waals surface area (Å²) in [6.45, 7) is 1.50. The Morgan fingerprint density at radius 2 is 2.29 bits per heavy atom. The SMILES string of the molecule is COc1ccc(C#CCO)cc1NC(=O)c1cc(C)no1. The van der Waals surface area contributed by atoms with Crippen molar-refractivity contribution in [2.45, 2.75) is 6.92 Å². The van der Waals surface area contributed by atoms with Crippen molar-refractivity contribution in [3.63, 3.8) is 0 Å². The maximum Gasteiger partial charge on any atom is 0.294 e. The van der Waals surface area contributed by atoms with Crippen LogP contribution in [0.25, 0.3) is 0 Å². The van der Waals surface area contributed by atoms with Crippen LogP contribution in [0.3, 0.4) is 0 Å². The van der Waals surface area contributed by atoms with Crippen molar-refractivity contribution in [2.24, 2.45) is 0 Å². The summed E-state index contributed by atoms with van der Waals surface area (Å²) in [6.07, 6.45) is 0. The van der Waals surface area contributed by atoms with Crippen molar-refractivity contribution in [3.8, 4) is 17.6 Å². The van der Waals surface area contributed by atoms with Crippen LogP contribution >= 0.6 is 0 Å². The van der Waals surface area contributed by atoms with Gasteiger partial charge in [-0.05, 0) is 25.1 Å². The van der Waals surface area contributed by atoms with Crippen molar-refractivity contribution in [2.75, 3.05) is 19.0 Å². The summed E-state index contributed by atoms with van der Waals surface area (Å²) >= 11 is 0. The van der Waals surface area contributed by atoms with E-state index in [9.17, 15) is 4.79 Å². The van der Waals surface area contributed by atoms with Gasteiger partial charge < -0.3 is 19.7 Å². The Balaban J connectivity index is 2.26. The van der Waals surface area contributed by atoms with Gasteiger partial charge >= 0.3 is 0 Å². The molecule has 0 spiro atoms. The Morgan fingerprint density at radius 1 is 1.48 bits per heavy atom. The summed E-state index contributed by atoms with van der Waals surface area (Å²) in [5.41, 5.74) is 1.73. The lowest BCUT2D eigenvalue weighted by molar-refractivity contribution is 0.0987. The Hall–Kier alpha value is -2.78. The van der Waals surface area contributed by atoms with Crippen LogP contribution in [-0.2, 0) is 0 Å². The number of ether oxygens (including phenoxy) is 1. The fourth-order valence-corrected chi connectivity index (χ4v) is 1.68. The molecule has 2 rings (SSSR count). The van der Waals surface area contributed by atoms with Crippen LogP contribution in [0.5, 0.6) is 5.75 Å². The first-order chi connectivity index (χ1) is 10.1. The summed E-state index contributed by atoms with van der Waals surface area (Å²) < 4.78 is 10.1. The number of aliphatic hydroxyl groups is 1. The van der Waals surface area contributed by atoms with Crippen LogP contribution in [-0.4, -0.2) is 29.9 Å². The third kappa shape index (κ3) is 3.61. The van der Waals surface area contributed by atoms with Gasteiger partial charge in [-0.25, -0.2) is 0 Å². The average Bonchev–Trinajstić information content (AvgIpc) is 2.92. The molecule has 1 heterocycles. The van der Waals surface area contributed by atoms with E-state index in [1.54, 1.807) is 25.1 Å². The number of aromatic nitrogens is 1. The third-order valence-corrected chi connectivity index (χ3v) is 2.61. The van der Waals surface area contributed by atoms with Gasteiger partial charge in [-0.2, -0.15) is 0 Å². The highest BCUT2D eigenvalue weighted by Gasteiger charge is 2.14. The van der Waals surface area contributed by atoms with Gasteiger partial charge in [-0.1, -0.05) is 17.0 Å². The van der Waals surface area contributed by atoms with E-state index in [4.69, 9.17) is 14.4 Å². The first kappa shape index (κ1) is 14.6. The lowest BCUT2D eigenvalue weighted by atomic mass is 10.2. The number of carbonyl (C=O) groups excluding carboxylic acids is 1. The quantitative estimate of drug-likeness (QED) is 0.837. The number of methoxy groups -OCH3 is 1. The molecular weight excluding hydrogens is 272 g/mol. The highest BCUT2D eigenvalue weighted by Crippen LogP contribution is 2.25. The van der Waals surface area contributed by atoms with E-state index >= 15 is 0 Å². The molecule has 0 saturated heterocycles. The molecule has 21 heavy (non-hydrogen) atoms. The van der Waals surface area contributed by atoms with Crippen molar-refractivity contribution >= 4 is 11.6 Å². The topological polar surface area (TPSA) is 84.6 Å². The van der Waals surface area contributed by atoms with Gasteiger partial charge in [-0.3, -0.25) is 4.79 Å². The van der Waals surface area contributed by atoms with Gasteiger partial charge in [0.2, 0.25) is 5.76 Å². The molecule has 108 valence electrons. The van der Waals surface area contributed by atoms with Gasteiger partial charge in [0.1, 0.15) is 12.4 Å². The zero-order valence-corrected chi connectivity index (χ0v) is 11.6. The standard InChI is InChI=1S/C15H14N2O4/c1-10-8-14(21-17-10)15(19)16-12-9-11(4-3-7-18)5-6-13(12)20-2/h5-6,8-9,18H,7H2,1-2H3,(H,16,19). The second-order valence-electron chi connectivity index (χ2n) is 4.16. The van der Waals surface area contributed by atoms with Crippen molar-refractivity contribution in [3.05, 3.63) is 41.3 Å². The normalized spacial score (nSPS) is 9.67. The Bertz CT molecular complexity index is 710. The molecule has 0 atom stereocenters. The number of aliphatic hydroxyl groups excluding tert-OH is 1. The van der Waals surface area contributed by atoms with Crippen molar-refractivity contribution < 1.29 is 19.2 Å². The Kier molecular flexibility index (Phi) is 4.59. The predicted octanol–water partition coefficient (Wildman–Crippen LogP) is 1.59. The van der Waals surface area contributed by atoms with Crippen molar-refractivity contribution in [1.82, 2.24) is 5.16 Å². The number of carbonyl (C=O) groups is 1. The van der Waals surface area contributed by atoms with E-state index < -0.39 is 5.91 Å². The second kappa shape index (κ2) is 6.59. The zero-order valence-electron chi connectivity index (χ0n) is 11.6. The lowest BCUT2D eigenvalue weighted by Crippen LogP contribution is -2.12. The lowest BCUT2D eigenvalue weighted by Gasteiger charge is -2.09. The number of hydrogen-bond acceptors (Lipinski definition) is 5. The first-order valence-electron chi connectivity index (χ1n) is 6.16. The Morgan fingerprint density at radius 3 is 2.90 bits per heavy atom. The van der Waals surface area contributed by atoms with Crippen LogP contribution < -0.4 is 10.1 Å². The fourth-order valence-electron chi connectivity index (χ4n) is 1.68. The Labute approximate surface area is 121 Å². The number of anilines is 1. The fraction of sp³-hybridized carbons (Fsp3) is 0.200. The molecule has 1 amide bonds. The minimum Gasteiger partial charge on any atom is -0.495 e. The van der Waals surface area contributed by atoms with E-state index in [1.807, 2.05) is 0 Å². The predicted molar refractivity (Wildman–Crippen MR) is 76.2 cm³/mol. The summed E-state index contributed by atoms with van der Waals surface area (Å²) in [5, 5.41) is 15.0. The second-order valence-corrected chi connectivity index (χ2v) is 4.16. The molecule has 0 saturated carbocycles. The average molecular weight is 286 g/mol. The van der Waals surface area contributed by atoms with Crippen LogP contribution in [0.2, 0.25) is 0 Å². The minimum atomic E-state index is -0.429. The highest BCUT2D eigenvalue weighted by molar-refractivity contribution is 6.03. The third-order valence-electron chi connectivity index (χ3n) is 2.61. The molecule has 1 aromatic carbocycles. The van der Waals surface area contributed by atoms with Gasteiger partial charge in [0.25, 0.3) is 5.91 Å². The molecule has 0 aliphatic rings. The molecular formula is C15H14N2O4. The van der Waals surface area contributed by atoms with E-state index in [0.29, 0.717) is 22.7 Å². The summed E-state index contributed by atoms with van der Waals surface area (Å²) in [4.78, 5) is 12.0. The molecule has 6 nitrogen and oxygen atoms in total. The molecule has 1 aromatic heterocycles. The molecule has 0 unspecified atom stereocenters. The van der Waals surface area contributed by atoms with E-state index in [2.05, 4.69) is 22.3 Å². The molecule has 2 aromatic rings. The number of benzene rings is 1. The number of rotatable bonds is 3. The van der Waals surface area contributed by atoms with Gasteiger partial charge in [0.05, 0.1) is 18.5 Å². The van der Waals surface area contributed by atoms with Crippen molar-refractivity contribution in [1.29, 1.82) is 0 Å². The largest absolute Gasteiger partial charge is 0.495 e. The molecule has 0 radical (unpaired) electrons. The first-order valence-corrected chi connectivity index (χ1v) is 6.16. The molecule has 2 N–H and O–H groups in total. The number of nitrogens with zero attached hydrogens (tertiary/aromatic N) is 1. The molecule has 0 bridgehead atoms. The van der Waals surface area contributed by atoms with E-state index in [-0.39, 0.29) is 12.4 Å².